The van der Waals surface area contributed by atoms with E-state index in [4.69, 9.17) is 10.4 Å². The Labute approximate surface area is 174 Å². The summed E-state index contributed by atoms with van der Waals surface area (Å²) in [7, 11) is 0. The molecule has 1 aliphatic heterocycles. The lowest BCUT2D eigenvalue weighted by atomic mass is 9.96. The van der Waals surface area contributed by atoms with E-state index >= 15 is 0 Å². The van der Waals surface area contributed by atoms with Crippen molar-refractivity contribution in [2.75, 3.05) is 10.6 Å². The fraction of sp³-hybridized carbons (Fsp3) is 0.125. The Morgan fingerprint density at radius 2 is 1.77 bits per heavy atom. The summed E-state index contributed by atoms with van der Waals surface area (Å²) in [5.74, 6) is 0.899. The van der Waals surface area contributed by atoms with E-state index in [-0.39, 0.29) is 6.04 Å². The van der Waals surface area contributed by atoms with Gasteiger partial charge in [0.2, 0.25) is 0 Å². The summed E-state index contributed by atoms with van der Waals surface area (Å²) in [4.78, 5) is 4.35. The van der Waals surface area contributed by atoms with E-state index in [1.165, 1.54) is 0 Å². The molecule has 0 bridgehead atoms. The molecule has 0 spiro atoms. The standard InChI is InChI=1S/C24H20N6/c25-13-7-15-30-24-21(23(29-30)17-8-2-1-3-9-17)22(18-10-6-14-26-16-18)27-19-11-4-5-12-20(19)28-24/h1-6,8-12,14,16,22,27-28H,7,15H2. The van der Waals surface area contributed by atoms with Crippen molar-refractivity contribution in [3.05, 3.63) is 90.3 Å². The average Bonchev–Trinajstić information content (AvgIpc) is 3.06. The van der Waals surface area contributed by atoms with E-state index < -0.39 is 0 Å². The van der Waals surface area contributed by atoms with Gasteiger partial charge in [0.25, 0.3) is 0 Å². The zero-order chi connectivity index (χ0) is 20.3. The van der Waals surface area contributed by atoms with Crippen LogP contribution in [0.5, 0.6) is 0 Å². The summed E-state index contributed by atoms with van der Waals surface area (Å²) in [5.41, 5.74) is 6.01. The molecule has 5 rings (SSSR count). The summed E-state index contributed by atoms with van der Waals surface area (Å²) < 4.78 is 1.91. The minimum Gasteiger partial charge on any atom is -0.372 e. The summed E-state index contributed by atoms with van der Waals surface area (Å²) >= 11 is 0. The first-order chi connectivity index (χ1) is 14.8. The van der Waals surface area contributed by atoms with Gasteiger partial charge in [-0.05, 0) is 23.8 Å². The molecule has 0 amide bonds. The minimum absolute atomic E-state index is 0.143. The number of hydrogen-bond acceptors (Lipinski definition) is 5. The first kappa shape index (κ1) is 18.0. The highest BCUT2D eigenvalue weighted by molar-refractivity contribution is 5.83. The molecule has 6 heteroatoms. The fourth-order valence-electron chi connectivity index (χ4n) is 3.88. The number of nitriles is 1. The molecular formula is C24H20N6. The molecule has 2 aromatic heterocycles. The molecule has 0 fully saturated rings. The average molecular weight is 392 g/mol. The Morgan fingerprint density at radius 3 is 2.53 bits per heavy atom. The second-order valence-electron chi connectivity index (χ2n) is 7.14. The van der Waals surface area contributed by atoms with Gasteiger partial charge >= 0.3 is 0 Å². The van der Waals surface area contributed by atoms with E-state index in [0.717, 1.165) is 39.6 Å². The number of aryl methyl sites for hydroxylation is 1. The van der Waals surface area contributed by atoms with E-state index in [9.17, 15) is 0 Å². The second-order valence-corrected chi connectivity index (χ2v) is 7.14. The van der Waals surface area contributed by atoms with Gasteiger partial charge in [0.1, 0.15) is 11.5 Å². The smallest absolute Gasteiger partial charge is 0.135 e. The molecule has 0 saturated heterocycles. The van der Waals surface area contributed by atoms with E-state index in [2.05, 4.69) is 46.0 Å². The molecule has 3 heterocycles. The normalized spacial score (nSPS) is 14.4. The van der Waals surface area contributed by atoms with Gasteiger partial charge in [-0.1, -0.05) is 48.5 Å². The maximum absolute atomic E-state index is 9.17. The molecule has 0 saturated carbocycles. The number of fused-ring (bicyclic) bond motifs is 2. The number of hydrogen-bond donors (Lipinski definition) is 2. The van der Waals surface area contributed by atoms with Crippen LogP contribution < -0.4 is 10.6 Å². The quantitative estimate of drug-likeness (QED) is 0.504. The third-order valence-electron chi connectivity index (χ3n) is 5.26. The lowest BCUT2D eigenvalue weighted by Gasteiger charge is -2.19. The van der Waals surface area contributed by atoms with Crippen molar-refractivity contribution in [2.45, 2.75) is 19.0 Å². The molecular weight excluding hydrogens is 372 g/mol. The summed E-state index contributed by atoms with van der Waals surface area (Å²) in [6.45, 7) is 0.514. The van der Waals surface area contributed by atoms with Crippen molar-refractivity contribution in [1.29, 1.82) is 5.26 Å². The van der Waals surface area contributed by atoms with Crippen LogP contribution in [0, 0.1) is 11.3 Å². The monoisotopic (exact) mass is 392 g/mol. The van der Waals surface area contributed by atoms with Crippen LogP contribution >= 0.6 is 0 Å². The third-order valence-corrected chi connectivity index (χ3v) is 5.26. The SMILES string of the molecule is N#CCCn1nc(-c2ccccc2)c2c1Nc1ccccc1NC2c1cccnc1. The predicted octanol–water partition coefficient (Wildman–Crippen LogP) is 5.12. The van der Waals surface area contributed by atoms with Crippen LogP contribution in [0.3, 0.4) is 0 Å². The van der Waals surface area contributed by atoms with E-state index in [1.54, 1.807) is 6.20 Å². The highest BCUT2D eigenvalue weighted by Crippen LogP contribution is 2.44. The van der Waals surface area contributed by atoms with Crippen molar-refractivity contribution < 1.29 is 0 Å². The lowest BCUT2D eigenvalue weighted by molar-refractivity contribution is 0.637. The van der Waals surface area contributed by atoms with Crippen molar-refractivity contribution in [3.63, 3.8) is 0 Å². The topological polar surface area (TPSA) is 78.6 Å². The van der Waals surface area contributed by atoms with Gasteiger partial charge in [-0.2, -0.15) is 10.4 Å². The van der Waals surface area contributed by atoms with Crippen molar-refractivity contribution >= 4 is 17.2 Å². The van der Waals surface area contributed by atoms with Crippen LogP contribution in [0.4, 0.5) is 17.2 Å². The number of para-hydroxylation sites is 2. The minimum atomic E-state index is -0.143. The van der Waals surface area contributed by atoms with Crippen LogP contribution in [0.1, 0.15) is 23.6 Å². The van der Waals surface area contributed by atoms with Gasteiger partial charge in [-0.3, -0.25) is 4.98 Å². The highest BCUT2D eigenvalue weighted by Gasteiger charge is 2.30. The maximum atomic E-state index is 9.17. The van der Waals surface area contributed by atoms with Crippen LogP contribution in [0.2, 0.25) is 0 Å². The van der Waals surface area contributed by atoms with Crippen LogP contribution in [-0.2, 0) is 6.54 Å². The number of nitrogens with one attached hydrogen (secondary N) is 2. The summed E-state index contributed by atoms with van der Waals surface area (Å²) in [6.07, 6.45) is 4.05. The molecule has 6 nitrogen and oxygen atoms in total. The zero-order valence-electron chi connectivity index (χ0n) is 16.3. The fourth-order valence-corrected chi connectivity index (χ4v) is 3.88. The van der Waals surface area contributed by atoms with Crippen molar-refractivity contribution in [1.82, 2.24) is 14.8 Å². The number of nitrogens with zero attached hydrogens (tertiary/aromatic N) is 4. The molecule has 0 aliphatic carbocycles. The van der Waals surface area contributed by atoms with Crippen LogP contribution in [0.15, 0.2) is 79.1 Å². The molecule has 1 atom stereocenters. The molecule has 1 unspecified atom stereocenters. The van der Waals surface area contributed by atoms with Gasteiger partial charge in [0, 0.05) is 23.5 Å². The van der Waals surface area contributed by atoms with Gasteiger partial charge in [-0.25, -0.2) is 4.68 Å². The molecule has 2 N–H and O–H groups in total. The van der Waals surface area contributed by atoms with Crippen LogP contribution in [0.25, 0.3) is 11.3 Å². The highest BCUT2D eigenvalue weighted by atomic mass is 15.3. The van der Waals surface area contributed by atoms with Crippen LogP contribution in [-0.4, -0.2) is 14.8 Å². The molecule has 0 radical (unpaired) electrons. The molecule has 30 heavy (non-hydrogen) atoms. The maximum Gasteiger partial charge on any atom is 0.135 e. The number of anilines is 3. The third kappa shape index (κ3) is 3.16. The van der Waals surface area contributed by atoms with Gasteiger partial charge in [0.05, 0.1) is 36.5 Å². The Hall–Kier alpha value is -4.11. The first-order valence-electron chi connectivity index (χ1n) is 9.91. The first-order valence-corrected chi connectivity index (χ1v) is 9.91. The van der Waals surface area contributed by atoms with Gasteiger partial charge in [0.15, 0.2) is 0 Å². The Morgan fingerprint density at radius 1 is 0.967 bits per heavy atom. The largest absolute Gasteiger partial charge is 0.372 e. The number of aromatic nitrogens is 3. The number of pyridine rings is 1. The lowest BCUT2D eigenvalue weighted by Crippen LogP contribution is -2.12. The molecule has 2 aromatic carbocycles. The predicted molar refractivity (Wildman–Crippen MR) is 117 cm³/mol. The Balaban J connectivity index is 1.77. The van der Waals surface area contributed by atoms with Gasteiger partial charge < -0.3 is 10.6 Å². The Bertz CT molecular complexity index is 1210. The van der Waals surface area contributed by atoms with E-state index in [0.29, 0.717) is 13.0 Å². The summed E-state index contributed by atoms with van der Waals surface area (Å²) in [6, 6.07) is 24.4. The summed E-state index contributed by atoms with van der Waals surface area (Å²) in [5, 5.41) is 21.4. The number of benzene rings is 2. The zero-order valence-corrected chi connectivity index (χ0v) is 16.3. The number of rotatable bonds is 4. The molecule has 1 aliphatic rings. The Kier molecular flexibility index (Phi) is 4.62. The van der Waals surface area contributed by atoms with Crippen molar-refractivity contribution in [3.8, 4) is 17.3 Å². The molecule has 146 valence electrons. The molecule has 4 aromatic rings. The second kappa shape index (κ2) is 7.72. The van der Waals surface area contributed by atoms with Crippen molar-refractivity contribution in [2.24, 2.45) is 0 Å². The van der Waals surface area contributed by atoms with E-state index in [1.807, 2.05) is 53.3 Å². The van der Waals surface area contributed by atoms with Gasteiger partial charge in [-0.15, -0.1) is 0 Å².